The molecule has 0 atom stereocenters. The molecule has 10 heteroatoms. The van der Waals surface area contributed by atoms with Gasteiger partial charge < -0.3 is 4.74 Å². The fourth-order valence-corrected chi connectivity index (χ4v) is 2.78. The van der Waals surface area contributed by atoms with Gasteiger partial charge in [-0.05, 0) is 23.9 Å². The van der Waals surface area contributed by atoms with Crippen molar-refractivity contribution in [3.63, 3.8) is 0 Å². The molecule has 0 saturated carbocycles. The Morgan fingerprint density at radius 2 is 1.27 bits per heavy atom. The molecule has 0 N–H and O–H groups in total. The van der Waals surface area contributed by atoms with Gasteiger partial charge in [-0.1, -0.05) is 42.5 Å². The predicted molar refractivity (Wildman–Crippen MR) is 93.9 cm³/mol. The molecule has 2 aromatic rings. The molecule has 0 spiro atoms. The van der Waals surface area contributed by atoms with E-state index in [0.29, 0.717) is 5.75 Å². The van der Waals surface area contributed by atoms with Crippen LogP contribution in [0, 0.1) is 0 Å². The molecule has 0 saturated heterocycles. The zero-order chi connectivity index (χ0) is 19.9. The first kappa shape index (κ1) is 22.3. The number of thiol groups is 1. The molecular formula is C16H17F6O2PS. The summed E-state index contributed by atoms with van der Waals surface area (Å²) in [7, 11) is -10.7. The topological polar surface area (TPSA) is 26.3 Å². The molecular weight excluding hydrogens is 401 g/mol. The summed E-state index contributed by atoms with van der Waals surface area (Å²) >= 11 is 1.37. The molecule has 0 heterocycles. The van der Waals surface area contributed by atoms with Crippen molar-refractivity contribution in [2.75, 3.05) is 0 Å². The Hall–Kier alpha value is -1.73. The molecule has 0 aliphatic heterocycles. The van der Waals surface area contributed by atoms with Crippen LogP contribution in [0.3, 0.4) is 0 Å². The van der Waals surface area contributed by atoms with Crippen LogP contribution in [0.15, 0.2) is 54.6 Å². The molecule has 146 valence electrons. The zero-order valence-electron chi connectivity index (χ0n) is 13.6. The minimum absolute atomic E-state index is 0.282. The Bertz CT molecular complexity index is 706. The minimum atomic E-state index is -10.7. The summed E-state index contributed by atoms with van der Waals surface area (Å²) in [6.07, 6.45) is 0. The van der Waals surface area contributed by atoms with Crippen LogP contribution in [-0.2, 0) is 28.1 Å². The number of esters is 1. The van der Waals surface area contributed by atoms with Crippen molar-refractivity contribution in [2.24, 2.45) is 0 Å². The van der Waals surface area contributed by atoms with E-state index in [1.165, 1.54) is 29.8 Å². The summed E-state index contributed by atoms with van der Waals surface area (Å²) < 4.78 is 64.2. The summed E-state index contributed by atoms with van der Waals surface area (Å²) in [4.78, 5) is 10.8. The molecule has 2 aromatic carbocycles. The van der Waals surface area contributed by atoms with E-state index in [-0.39, 0.29) is 5.97 Å². The fourth-order valence-electron chi connectivity index (χ4n) is 1.73. The third-order valence-corrected chi connectivity index (χ3v) is 3.79. The number of hydrogen-bond acceptors (Lipinski definition) is 2. The van der Waals surface area contributed by atoms with Gasteiger partial charge in [0.1, 0.15) is 17.3 Å². The standard InChI is InChI=1S/C16H16O2S.F6P/c1-13(17)18-16-9-7-15(8-10-16)12-19-11-14-5-3-2-4-6-14;1-7(2,3,4,5)6/h2-10H,11-12H2,1H3;/q;-1/p+1. The third-order valence-electron chi connectivity index (χ3n) is 2.62. The second kappa shape index (κ2) is 7.88. The van der Waals surface area contributed by atoms with Crippen LogP contribution in [0.5, 0.6) is 5.75 Å². The Balaban J connectivity index is 0.000000412. The monoisotopic (exact) mass is 418 g/mol. The summed E-state index contributed by atoms with van der Waals surface area (Å²) in [5.41, 5.74) is 2.62. The molecule has 0 radical (unpaired) electrons. The van der Waals surface area contributed by atoms with Crippen LogP contribution >= 0.6 is 7.81 Å². The van der Waals surface area contributed by atoms with E-state index in [9.17, 15) is 30.0 Å². The number of carbonyl (C=O) groups is 1. The van der Waals surface area contributed by atoms with Crippen LogP contribution in [0.4, 0.5) is 25.2 Å². The summed E-state index contributed by atoms with van der Waals surface area (Å²) in [5.74, 6) is 2.40. The molecule has 0 bridgehead atoms. The van der Waals surface area contributed by atoms with Gasteiger partial charge in [0.15, 0.2) is 0 Å². The molecule has 2 rings (SSSR count). The molecule has 0 amide bonds. The van der Waals surface area contributed by atoms with Crippen LogP contribution in [0.2, 0.25) is 0 Å². The Morgan fingerprint density at radius 1 is 0.846 bits per heavy atom. The number of benzene rings is 2. The average molecular weight is 418 g/mol. The van der Waals surface area contributed by atoms with E-state index in [1.54, 1.807) is 0 Å². The van der Waals surface area contributed by atoms with Crippen molar-refractivity contribution >= 4 is 25.5 Å². The van der Waals surface area contributed by atoms with Crippen molar-refractivity contribution in [3.05, 3.63) is 65.7 Å². The molecule has 0 fully saturated rings. The van der Waals surface area contributed by atoms with Gasteiger partial charge in [0, 0.05) is 18.1 Å². The number of rotatable bonds is 5. The van der Waals surface area contributed by atoms with E-state index >= 15 is 0 Å². The van der Waals surface area contributed by atoms with Crippen molar-refractivity contribution in [1.82, 2.24) is 0 Å². The fraction of sp³-hybridized carbons (Fsp3) is 0.188. The van der Waals surface area contributed by atoms with E-state index in [0.717, 1.165) is 11.5 Å². The van der Waals surface area contributed by atoms with E-state index < -0.39 is 7.81 Å². The van der Waals surface area contributed by atoms with Gasteiger partial charge in [-0.2, -0.15) is 0 Å². The second-order valence-corrected chi connectivity index (χ2v) is 8.22. The van der Waals surface area contributed by atoms with Crippen molar-refractivity contribution in [3.8, 4) is 5.75 Å². The SMILES string of the molecule is CC(=O)Oc1ccc(C[SH+]Cc2ccccc2)cc1.F[P-](F)(F)(F)(F)F. The molecule has 0 aromatic heterocycles. The number of carbonyl (C=O) groups excluding carboxylic acids is 1. The van der Waals surface area contributed by atoms with Crippen molar-refractivity contribution in [1.29, 1.82) is 0 Å². The Morgan fingerprint density at radius 3 is 1.69 bits per heavy atom. The third kappa shape index (κ3) is 14.6. The number of hydrogen-bond donors (Lipinski definition) is 0. The predicted octanol–water partition coefficient (Wildman–Crippen LogP) is 6.51. The molecule has 0 aliphatic rings. The van der Waals surface area contributed by atoms with Crippen molar-refractivity contribution < 1.29 is 34.7 Å². The first-order valence-electron chi connectivity index (χ1n) is 7.20. The van der Waals surface area contributed by atoms with Gasteiger partial charge in [0.25, 0.3) is 0 Å². The molecule has 2 nitrogen and oxygen atoms in total. The van der Waals surface area contributed by atoms with Crippen LogP contribution in [-0.4, -0.2) is 5.97 Å². The van der Waals surface area contributed by atoms with Crippen LogP contribution in [0.25, 0.3) is 0 Å². The Labute approximate surface area is 150 Å². The van der Waals surface area contributed by atoms with Crippen LogP contribution < -0.4 is 4.74 Å². The molecule has 0 unspecified atom stereocenters. The number of halogens is 6. The van der Waals surface area contributed by atoms with Gasteiger partial charge in [-0.3, -0.25) is 4.79 Å². The van der Waals surface area contributed by atoms with Crippen molar-refractivity contribution in [2.45, 2.75) is 18.4 Å². The van der Waals surface area contributed by atoms with Gasteiger partial charge in [-0.15, -0.1) is 0 Å². The van der Waals surface area contributed by atoms with Gasteiger partial charge in [0.05, 0.1) is 0 Å². The number of ether oxygens (including phenoxy) is 1. The van der Waals surface area contributed by atoms with E-state index in [4.69, 9.17) is 4.74 Å². The van der Waals surface area contributed by atoms with E-state index in [2.05, 4.69) is 24.3 Å². The van der Waals surface area contributed by atoms with E-state index in [1.807, 2.05) is 30.3 Å². The van der Waals surface area contributed by atoms with Gasteiger partial charge in [0.2, 0.25) is 0 Å². The normalized spacial score (nSPS) is 13.7. The average Bonchev–Trinajstić information content (AvgIpc) is 2.46. The molecule has 0 aliphatic carbocycles. The molecule has 26 heavy (non-hydrogen) atoms. The zero-order valence-corrected chi connectivity index (χ0v) is 15.4. The van der Waals surface area contributed by atoms with Gasteiger partial charge >= 0.3 is 39.0 Å². The summed E-state index contributed by atoms with van der Waals surface area (Å²) in [5, 5.41) is 0. The maximum absolute atomic E-state index is 10.8. The quantitative estimate of drug-likeness (QED) is 0.138. The maximum atomic E-state index is 10.8. The first-order chi connectivity index (χ1) is 11.7. The van der Waals surface area contributed by atoms with Gasteiger partial charge in [-0.25, -0.2) is 0 Å². The summed E-state index contributed by atoms with van der Waals surface area (Å²) in [6, 6.07) is 18.2. The van der Waals surface area contributed by atoms with Crippen LogP contribution in [0.1, 0.15) is 18.1 Å². The summed E-state index contributed by atoms with van der Waals surface area (Å²) in [6.45, 7) is 1.41. The first-order valence-corrected chi connectivity index (χ1v) is 10.5. The Kier molecular flexibility index (Phi) is 6.76. The second-order valence-electron chi connectivity index (χ2n) is 5.22.